The molecule has 2 heterocycles. The summed E-state index contributed by atoms with van der Waals surface area (Å²) < 4.78 is 24.3. The highest BCUT2D eigenvalue weighted by Gasteiger charge is 2.35. The van der Waals surface area contributed by atoms with Crippen LogP contribution in [0.4, 0.5) is 0 Å². The summed E-state index contributed by atoms with van der Waals surface area (Å²) in [7, 11) is -3.05. The third kappa shape index (κ3) is 3.14. The number of carbonyl (C=O) groups excluding carboxylic acids is 1. The molecule has 0 bridgehead atoms. The predicted molar refractivity (Wildman–Crippen MR) is 94.8 cm³/mol. The van der Waals surface area contributed by atoms with Gasteiger partial charge in [-0.25, -0.2) is 8.42 Å². The number of nitrogens with one attached hydrogen (secondary N) is 1. The topological polar surface area (TPSA) is 70.2 Å². The van der Waals surface area contributed by atoms with E-state index in [0.717, 1.165) is 15.4 Å². The molecule has 1 fully saturated rings. The molecule has 2 aromatic rings. The van der Waals surface area contributed by atoms with Crippen LogP contribution < -0.4 is 0 Å². The number of hydrogen-bond acceptors (Lipinski definition) is 3. The number of benzene rings is 1. The lowest BCUT2D eigenvalue weighted by atomic mass is 10.2. The zero-order chi connectivity index (χ0) is 16.8. The van der Waals surface area contributed by atoms with Crippen LogP contribution in [0.5, 0.6) is 0 Å². The maximum atomic E-state index is 12.9. The predicted octanol–water partition coefficient (Wildman–Crippen LogP) is 3.23. The van der Waals surface area contributed by atoms with Crippen LogP contribution in [0.2, 0.25) is 5.02 Å². The average molecular weight is 420 g/mol. The number of carbonyl (C=O) groups is 1. The van der Waals surface area contributed by atoms with E-state index in [2.05, 4.69) is 20.9 Å². The number of nitrogens with zero attached hydrogens (tertiary/aromatic N) is 1. The van der Waals surface area contributed by atoms with E-state index in [1.54, 1.807) is 4.90 Å². The summed E-state index contributed by atoms with van der Waals surface area (Å²) in [4.78, 5) is 17.5. The van der Waals surface area contributed by atoms with Gasteiger partial charge in [-0.15, -0.1) is 0 Å². The van der Waals surface area contributed by atoms with Gasteiger partial charge >= 0.3 is 0 Å². The molecule has 3 rings (SSSR count). The van der Waals surface area contributed by atoms with Crippen molar-refractivity contribution in [3.05, 3.63) is 33.4 Å². The Morgan fingerprint density at radius 2 is 2.22 bits per heavy atom. The van der Waals surface area contributed by atoms with E-state index in [1.165, 1.54) is 0 Å². The minimum atomic E-state index is -3.05. The smallest absolute Gasteiger partial charge is 0.272 e. The minimum absolute atomic E-state index is 0.0238. The van der Waals surface area contributed by atoms with Crippen molar-refractivity contribution in [2.75, 3.05) is 18.1 Å². The first-order chi connectivity index (χ1) is 10.8. The summed E-state index contributed by atoms with van der Waals surface area (Å²) in [5, 5.41) is 1.13. The number of hydrogen-bond donors (Lipinski definition) is 1. The quantitative estimate of drug-likeness (QED) is 0.830. The molecule has 1 N–H and O–H groups in total. The summed E-state index contributed by atoms with van der Waals surface area (Å²) in [6, 6.07) is 5.27. The van der Waals surface area contributed by atoms with Gasteiger partial charge in [0.25, 0.3) is 5.91 Å². The summed E-state index contributed by atoms with van der Waals surface area (Å²) >= 11 is 9.76. The molecule has 1 aromatic carbocycles. The second-order valence-electron chi connectivity index (χ2n) is 5.65. The molecule has 23 heavy (non-hydrogen) atoms. The molecule has 0 aliphatic carbocycles. The van der Waals surface area contributed by atoms with E-state index < -0.39 is 9.84 Å². The van der Waals surface area contributed by atoms with Crippen molar-refractivity contribution in [1.29, 1.82) is 0 Å². The van der Waals surface area contributed by atoms with Gasteiger partial charge in [-0.3, -0.25) is 4.79 Å². The Bertz CT molecular complexity index is 878. The zero-order valence-electron chi connectivity index (χ0n) is 12.5. The van der Waals surface area contributed by atoms with E-state index in [0.29, 0.717) is 23.7 Å². The maximum absolute atomic E-state index is 12.9. The molecule has 0 spiro atoms. The number of aromatic nitrogens is 1. The van der Waals surface area contributed by atoms with E-state index in [1.807, 2.05) is 25.1 Å². The monoisotopic (exact) mass is 418 g/mol. The van der Waals surface area contributed by atoms with E-state index in [-0.39, 0.29) is 23.5 Å². The van der Waals surface area contributed by atoms with Crippen molar-refractivity contribution in [3.63, 3.8) is 0 Å². The molecule has 0 radical (unpaired) electrons. The summed E-state index contributed by atoms with van der Waals surface area (Å²) in [5.41, 5.74) is 1.09. The van der Waals surface area contributed by atoms with Gasteiger partial charge < -0.3 is 9.88 Å². The molecule has 1 atom stereocenters. The van der Waals surface area contributed by atoms with Gasteiger partial charge in [-0.1, -0.05) is 27.5 Å². The summed E-state index contributed by atoms with van der Waals surface area (Å²) in [6.07, 6.45) is 0.477. The summed E-state index contributed by atoms with van der Waals surface area (Å²) in [5.74, 6) is -0.0999. The van der Waals surface area contributed by atoms with Crippen molar-refractivity contribution in [2.45, 2.75) is 19.4 Å². The minimum Gasteiger partial charge on any atom is -0.349 e. The number of halogens is 2. The van der Waals surface area contributed by atoms with Gasteiger partial charge in [-0.2, -0.15) is 0 Å². The van der Waals surface area contributed by atoms with Crippen LogP contribution in [-0.2, 0) is 9.84 Å². The number of rotatable bonds is 3. The SMILES string of the molecule is CCN(C(=O)c1[nH]c2ccc(Br)cc2c1Cl)C1CCS(=O)(=O)C1. The number of sulfone groups is 1. The third-order valence-electron chi connectivity index (χ3n) is 4.16. The third-order valence-corrected chi connectivity index (χ3v) is 6.80. The molecule has 1 saturated heterocycles. The summed E-state index contributed by atoms with van der Waals surface area (Å²) in [6.45, 7) is 2.28. The van der Waals surface area contributed by atoms with Crippen LogP contribution in [0.1, 0.15) is 23.8 Å². The highest BCUT2D eigenvalue weighted by Crippen LogP contribution is 2.31. The molecule has 1 aliphatic heterocycles. The highest BCUT2D eigenvalue weighted by molar-refractivity contribution is 9.10. The lowest BCUT2D eigenvalue weighted by Gasteiger charge is -2.26. The molecular formula is C15H16BrClN2O3S. The Balaban J connectivity index is 1.97. The fourth-order valence-electron chi connectivity index (χ4n) is 3.01. The molecule has 1 amide bonds. The van der Waals surface area contributed by atoms with Gasteiger partial charge in [0, 0.05) is 28.0 Å². The molecule has 0 saturated carbocycles. The number of H-pyrrole nitrogens is 1. The average Bonchev–Trinajstić information content (AvgIpc) is 3.00. The Kier molecular flexibility index (Phi) is 4.46. The van der Waals surface area contributed by atoms with Crippen molar-refractivity contribution < 1.29 is 13.2 Å². The second kappa shape index (κ2) is 6.11. The van der Waals surface area contributed by atoms with Crippen LogP contribution in [0.15, 0.2) is 22.7 Å². The van der Waals surface area contributed by atoms with E-state index >= 15 is 0 Å². The lowest BCUT2D eigenvalue weighted by Crippen LogP contribution is -2.41. The largest absolute Gasteiger partial charge is 0.349 e. The molecule has 5 nitrogen and oxygen atoms in total. The second-order valence-corrected chi connectivity index (χ2v) is 9.17. The van der Waals surface area contributed by atoms with Gasteiger partial charge in [0.15, 0.2) is 9.84 Å². The van der Waals surface area contributed by atoms with Crippen molar-refractivity contribution in [1.82, 2.24) is 9.88 Å². The fourth-order valence-corrected chi connectivity index (χ4v) is 5.39. The van der Waals surface area contributed by atoms with Crippen molar-refractivity contribution >= 4 is 54.2 Å². The van der Waals surface area contributed by atoms with Crippen LogP contribution in [-0.4, -0.2) is 48.3 Å². The first kappa shape index (κ1) is 16.8. The van der Waals surface area contributed by atoms with Gasteiger partial charge in [0.2, 0.25) is 0 Å². The van der Waals surface area contributed by atoms with E-state index in [9.17, 15) is 13.2 Å². The van der Waals surface area contributed by atoms with Gasteiger partial charge in [-0.05, 0) is 31.5 Å². The number of aromatic amines is 1. The Morgan fingerprint density at radius 3 is 2.83 bits per heavy atom. The fraction of sp³-hybridized carbons (Fsp3) is 0.400. The Morgan fingerprint density at radius 1 is 1.48 bits per heavy atom. The normalized spacial score (nSPS) is 20.0. The molecule has 8 heteroatoms. The Labute approximate surface area is 148 Å². The highest BCUT2D eigenvalue weighted by atomic mass is 79.9. The van der Waals surface area contributed by atoms with Crippen molar-refractivity contribution in [3.8, 4) is 0 Å². The number of fused-ring (bicyclic) bond motifs is 1. The maximum Gasteiger partial charge on any atom is 0.272 e. The van der Waals surface area contributed by atoms with Crippen molar-refractivity contribution in [2.24, 2.45) is 0 Å². The zero-order valence-corrected chi connectivity index (χ0v) is 15.6. The molecule has 1 aromatic heterocycles. The van der Waals surface area contributed by atoms with Gasteiger partial charge in [0.05, 0.1) is 16.5 Å². The standard InChI is InChI=1S/C15H16BrClN2O3S/c1-2-19(10-5-6-23(21,22)8-10)15(20)14-13(17)11-7-9(16)3-4-12(11)18-14/h3-4,7,10,18H,2,5-6,8H2,1H3. The lowest BCUT2D eigenvalue weighted by molar-refractivity contribution is 0.0703. The first-order valence-electron chi connectivity index (χ1n) is 7.30. The molecular weight excluding hydrogens is 404 g/mol. The first-order valence-corrected chi connectivity index (χ1v) is 10.3. The molecule has 124 valence electrons. The molecule has 1 aliphatic rings. The van der Waals surface area contributed by atoms with Gasteiger partial charge in [0.1, 0.15) is 5.69 Å². The molecule has 1 unspecified atom stereocenters. The van der Waals surface area contributed by atoms with Crippen LogP contribution in [0.3, 0.4) is 0 Å². The Hall–Kier alpha value is -1.05. The van der Waals surface area contributed by atoms with Crippen LogP contribution in [0.25, 0.3) is 10.9 Å². The van der Waals surface area contributed by atoms with Crippen LogP contribution >= 0.6 is 27.5 Å². The number of amides is 1. The van der Waals surface area contributed by atoms with E-state index in [4.69, 9.17) is 11.6 Å². The van der Waals surface area contributed by atoms with Crippen LogP contribution in [0, 0.1) is 0 Å².